The average Bonchev–Trinajstić information content (AvgIpc) is 2.01. The van der Waals surface area contributed by atoms with E-state index in [1.807, 2.05) is 32.0 Å². The molecule has 0 radical (unpaired) electrons. The lowest BCUT2D eigenvalue weighted by molar-refractivity contribution is 0.600. The van der Waals surface area contributed by atoms with Gasteiger partial charge in [-0.1, -0.05) is 25.1 Å². The van der Waals surface area contributed by atoms with Crippen molar-refractivity contribution >= 4 is 9.84 Å². The van der Waals surface area contributed by atoms with E-state index in [2.05, 4.69) is 0 Å². The molecular weight excluding hydrogens is 184 g/mol. The van der Waals surface area contributed by atoms with Gasteiger partial charge < -0.3 is 0 Å². The van der Waals surface area contributed by atoms with E-state index in [1.165, 1.54) is 6.26 Å². The SMILES string of the molecule is CCc1cccc(C)c1S(C)(=O)=O. The lowest BCUT2D eigenvalue weighted by Crippen LogP contribution is -2.04. The van der Waals surface area contributed by atoms with Crippen LogP contribution in [-0.2, 0) is 16.3 Å². The zero-order valence-corrected chi connectivity index (χ0v) is 8.98. The topological polar surface area (TPSA) is 34.1 Å². The average molecular weight is 198 g/mol. The van der Waals surface area contributed by atoms with Crippen molar-refractivity contribution in [1.82, 2.24) is 0 Å². The maximum atomic E-state index is 11.4. The fraction of sp³-hybridized carbons (Fsp3) is 0.400. The van der Waals surface area contributed by atoms with Crippen LogP contribution in [0, 0.1) is 6.92 Å². The second-order valence-corrected chi connectivity index (χ2v) is 5.14. The summed E-state index contributed by atoms with van der Waals surface area (Å²) in [5.74, 6) is 0. The van der Waals surface area contributed by atoms with E-state index in [0.29, 0.717) is 4.90 Å². The number of benzene rings is 1. The van der Waals surface area contributed by atoms with Gasteiger partial charge in [0.2, 0.25) is 0 Å². The number of hydrogen-bond donors (Lipinski definition) is 0. The van der Waals surface area contributed by atoms with E-state index in [4.69, 9.17) is 0 Å². The quantitative estimate of drug-likeness (QED) is 0.728. The van der Waals surface area contributed by atoms with E-state index < -0.39 is 9.84 Å². The molecule has 0 atom stereocenters. The maximum Gasteiger partial charge on any atom is 0.176 e. The zero-order chi connectivity index (χ0) is 10.1. The summed E-state index contributed by atoms with van der Waals surface area (Å²) in [4.78, 5) is 0.498. The lowest BCUT2D eigenvalue weighted by Gasteiger charge is -2.08. The molecule has 0 amide bonds. The molecule has 72 valence electrons. The molecule has 1 rings (SSSR count). The first-order valence-corrected chi connectivity index (χ1v) is 6.14. The molecular formula is C10H14O2S. The Morgan fingerprint density at radius 2 is 1.92 bits per heavy atom. The van der Waals surface area contributed by atoms with Crippen molar-refractivity contribution in [2.24, 2.45) is 0 Å². The largest absolute Gasteiger partial charge is 0.224 e. The molecule has 2 nitrogen and oxygen atoms in total. The first-order chi connectivity index (χ1) is 5.96. The van der Waals surface area contributed by atoms with Crippen LogP contribution in [0.4, 0.5) is 0 Å². The van der Waals surface area contributed by atoms with Crippen molar-refractivity contribution in [3.8, 4) is 0 Å². The Bertz CT molecular complexity index is 405. The maximum absolute atomic E-state index is 11.4. The molecule has 1 aromatic rings. The summed E-state index contributed by atoms with van der Waals surface area (Å²) < 4.78 is 22.9. The third-order valence-corrected chi connectivity index (χ3v) is 3.37. The molecule has 0 saturated heterocycles. The number of hydrogen-bond acceptors (Lipinski definition) is 2. The molecule has 0 fully saturated rings. The van der Waals surface area contributed by atoms with Gasteiger partial charge in [-0.25, -0.2) is 8.42 Å². The first-order valence-electron chi connectivity index (χ1n) is 4.25. The number of sulfone groups is 1. The summed E-state index contributed by atoms with van der Waals surface area (Å²) in [5, 5.41) is 0. The standard InChI is InChI=1S/C10H14O2S/c1-4-9-7-5-6-8(2)10(9)13(3,11)12/h5-7H,4H2,1-3H3. The highest BCUT2D eigenvalue weighted by molar-refractivity contribution is 7.90. The van der Waals surface area contributed by atoms with Gasteiger partial charge in [-0.2, -0.15) is 0 Å². The van der Waals surface area contributed by atoms with Crippen LogP contribution in [-0.4, -0.2) is 14.7 Å². The van der Waals surface area contributed by atoms with Gasteiger partial charge in [0, 0.05) is 6.26 Å². The van der Waals surface area contributed by atoms with E-state index in [1.54, 1.807) is 0 Å². The van der Waals surface area contributed by atoms with Gasteiger partial charge >= 0.3 is 0 Å². The molecule has 0 bridgehead atoms. The van der Waals surface area contributed by atoms with Crippen molar-refractivity contribution in [1.29, 1.82) is 0 Å². The minimum Gasteiger partial charge on any atom is -0.224 e. The molecule has 0 spiro atoms. The highest BCUT2D eigenvalue weighted by Gasteiger charge is 2.14. The van der Waals surface area contributed by atoms with E-state index in [9.17, 15) is 8.42 Å². The molecule has 0 aromatic heterocycles. The Morgan fingerprint density at radius 3 is 2.31 bits per heavy atom. The summed E-state index contributed by atoms with van der Waals surface area (Å²) in [5.41, 5.74) is 1.74. The molecule has 0 aliphatic rings. The third kappa shape index (κ3) is 2.10. The normalized spacial score (nSPS) is 11.6. The van der Waals surface area contributed by atoms with Crippen LogP contribution in [0.1, 0.15) is 18.1 Å². The fourth-order valence-electron chi connectivity index (χ4n) is 1.52. The van der Waals surface area contributed by atoms with Gasteiger partial charge in [-0.05, 0) is 24.5 Å². The molecule has 0 aliphatic carbocycles. The summed E-state index contributed by atoms with van der Waals surface area (Å²) in [7, 11) is -3.08. The van der Waals surface area contributed by atoms with E-state index in [0.717, 1.165) is 17.5 Å². The second-order valence-electron chi connectivity index (χ2n) is 3.19. The molecule has 3 heteroatoms. The van der Waals surface area contributed by atoms with Gasteiger partial charge in [-0.3, -0.25) is 0 Å². The highest BCUT2D eigenvalue weighted by atomic mass is 32.2. The lowest BCUT2D eigenvalue weighted by atomic mass is 10.1. The van der Waals surface area contributed by atoms with Crippen LogP contribution in [0.2, 0.25) is 0 Å². The summed E-state index contributed by atoms with van der Waals surface area (Å²) in [6.07, 6.45) is 2.01. The number of rotatable bonds is 2. The molecule has 0 N–H and O–H groups in total. The predicted molar refractivity (Wildman–Crippen MR) is 53.7 cm³/mol. The van der Waals surface area contributed by atoms with Crippen molar-refractivity contribution < 1.29 is 8.42 Å². The first kappa shape index (κ1) is 10.3. The molecule has 13 heavy (non-hydrogen) atoms. The Kier molecular flexibility index (Phi) is 2.76. The molecule has 1 aromatic carbocycles. The Hall–Kier alpha value is -0.830. The smallest absolute Gasteiger partial charge is 0.176 e. The van der Waals surface area contributed by atoms with Gasteiger partial charge in [0.25, 0.3) is 0 Å². The van der Waals surface area contributed by atoms with Crippen molar-refractivity contribution in [3.05, 3.63) is 29.3 Å². The Labute approximate surface area is 79.5 Å². The fourth-order valence-corrected chi connectivity index (χ4v) is 2.86. The van der Waals surface area contributed by atoms with Crippen LogP contribution in [0.3, 0.4) is 0 Å². The summed E-state index contributed by atoms with van der Waals surface area (Å²) in [6.45, 7) is 3.79. The minimum absolute atomic E-state index is 0.498. The van der Waals surface area contributed by atoms with Gasteiger partial charge in [0.1, 0.15) is 0 Å². The Balaban J connectivity index is 3.50. The van der Waals surface area contributed by atoms with Crippen LogP contribution in [0.5, 0.6) is 0 Å². The zero-order valence-electron chi connectivity index (χ0n) is 8.16. The minimum atomic E-state index is -3.08. The van der Waals surface area contributed by atoms with E-state index in [-0.39, 0.29) is 0 Å². The van der Waals surface area contributed by atoms with Crippen LogP contribution >= 0.6 is 0 Å². The molecule has 0 aliphatic heterocycles. The monoisotopic (exact) mass is 198 g/mol. The van der Waals surface area contributed by atoms with Crippen LogP contribution in [0.15, 0.2) is 23.1 Å². The van der Waals surface area contributed by atoms with Crippen molar-refractivity contribution in [3.63, 3.8) is 0 Å². The third-order valence-electron chi connectivity index (χ3n) is 2.05. The molecule has 0 unspecified atom stereocenters. The van der Waals surface area contributed by atoms with Crippen molar-refractivity contribution in [2.45, 2.75) is 25.2 Å². The van der Waals surface area contributed by atoms with Crippen molar-refractivity contribution in [2.75, 3.05) is 6.26 Å². The predicted octanol–water partition coefficient (Wildman–Crippen LogP) is 1.96. The van der Waals surface area contributed by atoms with Gasteiger partial charge in [0.05, 0.1) is 4.90 Å². The number of aryl methyl sites for hydroxylation is 2. The second kappa shape index (κ2) is 3.50. The summed E-state index contributed by atoms with van der Waals surface area (Å²) >= 11 is 0. The Morgan fingerprint density at radius 1 is 1.31 bits per heavy atom. The molecule has 0 heterocycles. The summed E-state index contributed by atoms with van der Waals surface area (Å²) in [6, 6.07) is 5.59. The van der Waals surface area contributed by atoms with E-state index >= 15 is 0 Å². The molecule has 0 saturated carbocycles. The van der Waals surface area contributed by atoms with Crippen LogP contribution < -0.4 is 0 Å². The highest BCUT2D eigenvalue weighted by Crippen LogP contribution is 2.20. The van der Waals surface area contributed by atoms with Crippen LogP contribution in [0.25, 0.3) is 0 Å². The van der Waals surface area contributed by atoms with Gasteiger partial charge in [0.15, 0.2) is 9.84 Å². The van der Waals surface area contributed by atoms with Gasteiger partial charge in [-0.15, -0.1) is 0 Å².